The zero-order valence-corrected chi connectivity index (χ0v) is 13.2. The summed E-state index contributed by atoms with van der Waals surface area (Å²) in [5.41, 5.74) is 4.03. The molecule has 4 rings (SSSR count). The summed E-state index contributed by atoms with van der Waals surface area (Å²) in [6, 6.07) is 16.7. The van der Waals surface area contributed by atoms with Gasteiger partial charge in [0, 0.05) is 22.5 Å². The Morgan fingerprint density at radius 3 is 2.60 bits per heavy atom. The van der Waals surface area contributed by atoms with Crippen molar-refractivity contribution in [3.8, 4) is 5.75 Å². The molecule has 2 heterocycles. The van der Waals surface area contributed by atoms with E-state index in [0.29, 0.717) is 18.0 Å². The average Bonchev–Trinajstić information content (AvgIpc) is 3.00. The predicted molar refractivity (Wildman–Crippen MR) is 93.6 cm³/mol. The third-order valence-electron chi connectivity index (χ3n) is 4.15. The lowest BCUT2D eigenvalue weighted by Crippen LogP contribution is -2.18. The van der Waals surface area contributed by atoms with Crippen molar-refractivity contribution in [3.63, 3.8) is 0 Å². The minimum Gasteiger partial charge on any atom is -0.473 e. The van der Waals surface area contributed by atoms with E-state index in [1.807, 2.05) is 30.5 Å². The zero-order chi connectivity index (χ0) is 17.2. The van der Waals surface area contributed by atoms with E-state index in [-0.39, 0.29) is 0 Å². The van der Waals surface area contributed by atoms with Gasteiger partial charge >= 0.3 is 0 Å². The molecule has 0 aliphatic heterocycles. The van der Waals surface area contributed by atoms with Gasteiger partial charge in [0.25, 0.3) is 5.91 Å². The van der Waals surface area contributed by atoms with Crippen molar-refractivity contribution in [2.24, 2.45) is 0 Å². The maximum absolute atomic E-state index is 11.3. The highest BCUT2D eigenvalue weighted by Crippen LogP contribution is 2.28. The van der Waals surface area contributed by atoms with Crippen LogP contribution >= 0.6 is 0 Å². The Hall–Kier alpha value is -3.38. The maximum Gasteiger partial charge on any atom is 0.274 e. The Kier molecular flexibility index (Phi) is 3.80. The molecule has 124 valence electrons. The molecule has 0 aliphatic carbocycles. The lowest BCUT2D eigenvalue weighted by molar-refractivity contribution is 0.0706. The van der Waals surface area contributed by atoms with E-state index in [2.05, 4.69) is 15.6 Å². The number of ether oxygens (including phenoxy) is 1. The van der Waals surface area contributed by atoms with Gasteiger partial charge in [0.05, 0.1) is 17.2 Å². The minimum absolute atomic E-state index is 0.321. The topological polar surface area (TPSA) is 76.4 Å². The van der Waals surface area contributed by atoms with Crippen LogP contribution in [0.1, 0.15) is 10.4 Å². The molecule has 6 heteroatoms. The summed E-state index contributed by atoms with van der Waals surface area (Å²) in [5.74, 6) is 0.0735. The number of carbonyl (C=O) groups excluding carboxylic acids is 1. The lowest BCUT2D eigenvalue weighted by Gasteiger charge is -2.10. The molecule has 6 nitrogen and oxygen atoms in total. The number of benzene rings is 2. The quantitative estimate of drug-likeness (QED) is 0.443. The molecular formula is C19H15N3O3. The van der Waals surface area contributed by atoms with Gasteiger partial charge in [-0.1, -0.05) is 18.2 Å². The van der Waals surface area contributed by atoms with Crippen molar-refractivity contribution in [2.45, 2.75) is 6.73 Å². The summed E-state index contributed by atoms with van der Waals surface area (Å²) in [5, 5.41) is 10.9. The fraction of sp³-hybridized carbons (Fsp3) is 0.0526. The van der Waals surface area contributed by atoms with Crippen molar-refractivity contribution >= 4 is 27.7 Å². The molecule has 1 amide bonds. The molecule has 2 aromatic heterocycles. The summed E-state index contributed by atoms with van der Waals surface area (Å²) >= 11 is 0. The largest absolute Gasteiger partial charge is 0.473 e. The number of aromatic nitrogens is 2. The summed E-state index contributed by atoms with van der Waals surface area (Å²) in [7, 11) is 0. The van der Waals surface area contributed by atoms with Crippen LogP contribution in [0.5, 0.6) is 5.75 Å². The normalized spacial score (nSPS) is 10.9. The van der Waals surface area contributed by atoms with Crippen LogP contribution in [0.3, 0.4) is 0 Å². The highest BCUT2D eigenvalue weighted by Gasteiger charge is 2.10. The molecule has 2 N–H and O–H groups in total. The van der Waals surface area contributed by atoms with Gasteiger partial charge in [0.1, 0.15) is 5.75 Å². The Morgan fingerprint density at radius 2 is 1.80 bits per heavy atom. The zero-order valence-electron chi connectivity index (χ0n) is 13.2. The summed E-state index contributed by atoms with van der Waals surface area (Å²) in [6.45, 7) is 0.321. The van der Waals surface area contributed by atoms with Crippen LogP contribution in [-0.2, 0) is 6.73 Å². The summed E-state index contributed by atoms with van der Waals surface area (Å²) in [6.07, 6.45) is 3.61. The summed E-state index contributed by atoms with van der Waals surface area (Å²) < 4.78 is 7.94. The van der Waals surface area contributed by atoms with Gasteiger partial charge in [-0.15, -0.1) is 0 Å². The number of nitrogens with zero attached hydrogens (tertiary/aromatic N) is 2. The van der Waals surface area contributed by atoms with Gasteiger partial charge in [-0.05, 0) is 36.4 Å². The van der Waals surface area contributed by atoms with Crippen molar-refractivity contribution in [2.75, 3.05) is 0 Å². The first-order valence-corrected chi connectivity index (χ1v) is 7.76. The number of pyridine rings is 1. The van der Waals surface area contributed by atoms with Crippen molar-refractivity contribution in [1.82, 2.24) is 15.0 Å². The number of amides is 1. The Labute approximate surface area is 143 Å². The number of hydrogen-bond acceptors (Lipinski definition) is 4. The number of fused-ring (bicyclic) bond motifs is 3. The smallest absolute Gasteiger partial charge is 0.274 e. The standard InChI is InChI=1S/C19H15N3O3/c23-19(21-24)13-5-7-14(8-6-13)25-12-22-17-4-2-1-3-15(17)16-9-10-20-11-18(16)22/h1-11,24H,12H2,(H,21,23). The minimum atomic E-state index is -0.556. The van der Waals surface area contributed by atoms with Crippen LogP contribution < -0.4 is 10.2 Å². The molecule has 2 aromatic carbocycles. The van der Waals surface area contributed by atoms with Gasteiger partial charge in [0.2, 0.25) is 0 Å². The van der Waals surface area contributed by atoms with Crippen LogP contribution in [0.4, 0.5) is 0 Å². The average molecular weight is 333 g/mol. The first-order valence-electron chi connectivity index (χ1n) is 7.76. The maximum atomic E-state index is 11.3. The van der Waals surface area contributed by atoms with Gasteiger partial charge in [0.15, 0.2) is 6.73 Å². The fourth-order valence-electron chi connectivity index (χ4n) is 2.94. The second kappa shape index (κ2) is 6.26. The van der Waals surface area contributed by atoms with E-state index in [1.165, 1.54) is 0 Å². The molecule has 0 fully saturated rings. The Bertz CT molecular complexity index is 1000. The fourth-order valence-corrected chi connectivity index (χ4v) is 2.94. The molecule has 4 aromatic rings. The highest BCUT2D eigenvalue weighted by atomic mass is 16.5. The second-order valence-electron chi connectivity index (χ2n) is 5.58. The number of para-hydroxylation sites is 1. The molecule has 25 heavy (non-hydrogen) atoms. The van der Waals surface area contributed by atoms with Crippen molar-refractivity contribution < 1.29 is 14.7 Å². The monoisotopic (exact) mass is 333 g/mol. The van der Waals surface area contributed by atoms with Crippen molar-refractivity contribution in [1.29, 1.82) is 0 Å². The van der Waals surface area contributed by atoms with Gasteiger partial charge < -0.3 is 9.30 Å². The summed E-state index contributed by atoms with van der Waals surface area (Å²) in [4.78, 5) is 15.6. The van der Waals surface area contributed by atoms with Crippen LogP contribution in [0.15, 0.2) is 67.0 Å². The van der Waals surface area contributed by atoms with E-state index >= 15 is 0 Å². The molecule has 0 bridgehead atoms. The van der Waals surface area contributed by atoms with Crippen LogP contribution in [0.25, 0.3) is 21.8 Å². The van der Waals surface area contributed by atoms with Gasteiger partial charge in [-0.2, -0.15) is 0 Å². The SMILES string of the molecule is O=C(NO)c1ccc(OCn2c3ccccc3c3ccncc32)cc1. The molecule has 0 unspecified atom stereocenters. The number of rotatable bonds is 4. The highest BCUT2D eigenvalue weighted by molar-refractivity contribution is 6.07. The molecule has 0 spiro atoms. The van der Waals surface area contributed by atoms with E-state index in [9.17, 15) is 4.79 Å². The molecule has 0 aliphatic rings. The van der Waals surface area contributed by atoms with Crippen LogP contribution in [0.2, 0.25) is 0 Å². The van der Waals surface area contributed by atoms with Crippen LogP contribution in [-0.4, -0.2) is 20.7 Å². The Balaban J connectivity index is 1.65. The molecule has 0 atom stereocenters. The Morgan fingerprint density at radius 1 is 1.04 bits per heavy atom. The number of hydrogen-bond donors (Lipinski definition) is 2. The van der Waals surface area contributed by atoms with Crippen LogP contribution in [0, 0.1) is 0 Å². The van der Waals surface area contributed by atoms with Gasteiger partial charge in [-0.25, -0.2) is 5.48 Å². The first kappa shape index (κ1) is 15.2. The number of carbonyl (C=O) groups is 1. The second-order valence-corrected chi connectivity index (χ2v) is 5.58. The molecule has 0 radical (unpaired) electrons. The first-order chi connectivity index (χ1) is 12.3. The third-order valence-corrected chi connectivity index (χ3v) is 4.15. The number of nitrogens with one attached hydrogen (secondary N) is 1. The predicted octanol–water partition coefficient (Wildman–Crippen LogP) is 3.35. The van der Waals surface area contributed by atoms with E-state index < -0.39 is 5.91 Å². The lowest BCUT2D eigenvalue weighted by atomic mass is 10.2. The molecule has 0 saturated carbocycles. The van der Waals surface area contributed by atoms with E-state index in [4.69, 9.17) is 9.94 Å². The van der Waals surface area contributed by atoms with Gasteiger partial charge in [-0.3, -0.25) is 15.0 Å². The van der Waals surface area contributed by atoms with E-state index in [1.54, 1.807) is 35.9 Å². The van der Waals surface area contributed by atoms with E-state index in [0.717, 1.165) is 21.8 Å². The van der Waals surface area contributed by atoms with Crippen molar-refractivity contribution in [3.05, 3.63) is 72.6 Å². The number of hydroxylamine groups is 1. The molecular weight excluding hydrogens is 318 g/mol. The third kappa shape index (κ3) is 2.68. The molecule has 0 saturated heterocycles.